The van der Waals surface area contributed by atoms with Crippen molar-refractivity contribution in [2.75, 3.05) is 0 Å². The predicted molar refractivity (Wildman–Crippen MR) is 84.8 cm³/mol. The number of aromatic nitrogens is 2. The first-order chi connectivity index (χ1) is 10.2. The highest BCUT2D eigenvalue weighted by molar-refractivity contribution is 6.17. The molecule has 0 bridgehead atoms. The molecule has 1 aromatic heterocycles. The molecule has 4 heteroatoms. The normalized spacial score (nSPS) is 10.8. The van der Waals surface area contributed by atoms with Crippen molar-refractivity contribution in [2.45, 2.75) is 19.7 Å². The fraction of sp³-hybridized carbons (Fsp3) is 0.176. The van der Waals surface area contributed by atoms with E-state index in [1.165, 1.54) is 0 Å². The maximum Gasteiger partial charge on any atom is 0.129 e. The molecule has 3 nitrogen and oxygen atoms in total. The molecule has 0 radical (unpaired) electrons. The highest BCUT2D eigenvalue weighted by Gasteiger charge is 2.15. The highest BCUT2D eigenvalue weighted by atomic mass is 35.5. The number of hydrogen-bond donors (Lipinski definition) is 0. The minimum atomic E-state index is 0.298. The molecule has 0 aliphatic carbocycles. The van der Waals surface area contributed by atoms with Gasteiger partial charge >= 0.3 is 0 Å². The van der Waals surface area contributed by atoms with E-state index in [-0.39, 0.29) is 0 Å². The average molecular weight is 296 g/mol. The molecule has 104 valence electrons. The molecule has 0 saturated heterocycles. The summed E-state index contributed by atoms with van der Waals surface area (Å²) in [4.78, 5) is 4.58. The number of fused-ring (bicyclic) bond motifs is 1. The maximum absolute atomic E-state index is 9.47. The summed E-state index contributed by atoms with van der Waals surface area (Å²) in [7, 11) is 0. The molecular weight excluding hydrogens is 282 g/mol. The second kappa shape index (κ2) is 5.23. The Morgan fingerprint density at radius 2 is 2.05 bits per heavy atom. The molecule has 0 aliphatic rings. The Kier molecular flexibility index (Phi) is 3.40. The first-order valence-electron chi connectivity index (χ1n) is 6.69. The molecule has 0 aliphatic heterocycles. The van der Waals surface area contributed by atoms with E-state index < -0.39 is 0 Å². The van der Waals surface area contributed by atoms with Crippen molar-refractivity contribution >= 4 is 22.6 Å². The van der Waals surface area contributed by atoms with E-state index in [1.807, 2.05) is 48.7 Å². The molecule has 0 N–H and O–H groups in total. The van der Waals surface area contributed by atoms with Crippen LogP contribution in [0.2, 0.25) is 0 Å². The van der Waals surface area contributed by atoms with Crippen molar-refractivity contribution < 1.29 is 0 Å². The SMILES string of the molecule is Cc1ccc2nc(CCl)n(-c3cccc(C)c3C#N)c2c1. The van der Waals surface area contributed by atoms with Gasteiger partial charge in [0.2, 0.25) is 0 Å². The third kappa shape index (κ3) is 2.18. The minimum Gasteiger partial charge on any atom is -0.294 e. The van der Waals surface area contributed by atoms with Crippen LogP contribution in [0, 0.1) is 25.2 Å². The van der Waals surface area contributed by atoms with E-state index in [0.717, 1.165) is 33.7 Å². The van der Waals surface area contributed by atoms with Gasteiger partial charge in [-0.05, 0) is 43.2 Å². The molecule has 0 amide bonds. The van der Waals surface area contributed by atoms with Crippen LogP contribution in [0.15, 0.2) is 36.4 Å². The van der Waals surface area contributed by atoms with Crippen molar-refractivity contribution in [3.8, 4) is 11.8 Å². The van der Waals surface area contributed by atoms with Gasteiger partial charge < -0.3 is 0 Å². The van der Waals surface area contributed by atoms with Gasteiger partial charge in [0.1, 0.15) is 11.9 Å². The van der Waals surface area contributed by atoms with E-state index in [9.17, 15) is 5.26 Å². The van der Waals surface area contributed by atoms with Gasteiger partial charge in [0, 0.05) is 0 Å². The zero-order chi connectivity index (χ0) is 15.0. The molecule has 3 rings (SSSR count). The molecule has 0 fully saturated rings. The van der Waals surface area contributed by atoms with E-state index in [4.69, 9.17) is 11.6 Å². The number of hydrogen-bond acceptors (Lipinski definition) is 2. The fourth-order valence-electron chi connectivity index (χ4n) is 2.58. The molecule has 1 heterocycles. The van der Waals surface area contributed by atoms with E-state index in [2.05, 4.69) is 17.1 Å². The first kappa shape index (κ1) is 13.7. The fourth-order valence-corrected chi connectivity index (χ4v) is 2.76. The van der Waals surface area contributed by atoms with E-state index in [0.29, 0.717) is 11.4 Å². The lowest BCUT2D eigenvalue weighted by Gasteiger charge is -2.11. The number of aryl methyl sites for hydroxylation is 2. The van der Waals surface area contributed by atoms with Gasteiger partial charge in [-0.25, -0.2) is 4.98 Å². The smallest absolute Gasteiger partial charge is 0.129 e. The molecule has 0 unspecified atom stereocenters. The summed E-state index contributed by atoms with van der Waals surface area (Å²) < 4.78 is 1.99. The van der Waals surface area contributed by atoms with Crippen LogP contribution in [-0.4, -0.2) is 9.55 Å². The number of alkyl halides is 1. The lowest BCUT2D eigenvalue weighted by molar-refractivity contribution is 0.975. The molecule has 21 heavy (non-hydrogen) atoms. The monoisotopic (exact) mass is 295 g/mol. The Labute approximate surface area is 128 Å². The van der Waals surface area contributed by atoms with Crippen molar-refractivity contribution in [3.63, 3.8) is 0 Å². The summed E-state index contributed by atoms with van der Waals surface area (Å²) in [6.45, 7) is 3.98. The predicted octanol–water partition coefficient (Wildman–Crippen LogP) is 4.25. The Hall–Kier alpha value is -2.31. The van der Waals surface area contributed by atoms with Gasteiger partial charge in [0.15, 0.2) is 0 Å². The van der Waals surface area contributed by atoms with Gasteiger partial charge in [0.25, 0.3) is 0 Å². The van der Waals surface area contributed by atoms with Crippen LogP contribution in [0.4, 0.5) is 0 Å². The minimum absolute atomic E-state index is 0.298. The van der Waals surface area contributed by atoms with E-state index >= 15 is 0 Å². The Morgan fingerprint density at radius 1 is 1.24 bits per heavy atom. The third-order valence-corrected chi connectivity index (χ3v) is 3.84. The molecule has 0 atom stereocenters. The summed E-state index contributed by atoms with van der Waals surface area (Å²) in [5.74, 6) is 1.05. The molecular formula is C17H14ClN3. The lowest BCUT2D eigenvalue weighted by atomic mass is 10.1. The third-order valence-electron chi connectivity index (χ3n) is 3.60. The number of nitrogens with zero attached hydrogens (tertiary/aromatic N) is 3. The summed E-state index contributed by atoms with van der Waals surface area (Å²) in [5, 5.41) is 9.47. The molecule has 3 aromatic rings. The van der Waals surface area contributed by atoms with Gasteiger partial charge in [-0.15, -0.1) is 11.6 Å². The number of imidazole rings is 1. The van der Waals surface area contributed by atoms with Gasteiger partial charge in [-0.1, -0.05) is 18.2 Å². The van der Waals surface area contributed by atoms with Crippen LogP contribution in [0.5, 0.6) is 0 Å². The molecule has 2 aromatic carbocycles. The van der Waals surface area contributed by atoms with Crippen LogP contribution < -0.4 is 0 Å². The van der Waals surface area contributed by atoms with Crippen molar-refractivity contribution in [1.82, 2.24) is 9.55 Å². The summed E-state index contributed by atoms with van der Waals surface area (Å²) in [5.41, 5.74) is 5.46. The second-order valence-electron chi connectivity index (χ2n) is 5.07. The van der Waals surface area contributed by atoms with Crippen LogP contribution in [-0.2, 0) is 5.88 Å². The van der Waals surface area contributed by atoms with Crippen molar-refractivity contribution in [1.29, 1.82) is 5.26 Å². The Balaban J connectivity index is 2.42. The van der Waals surface area contributed by atoms with Crippen molar-refractivity contribution in [3.05, 3.63) is 58.9 Å². The molecule has 0 spiro atoms. The number of benzene rings is 2. The van der Waals surface area contributed by atoms with Crippen molar-refractivity contribution in [2.24, 2.45) is 0 Å². The van der Waals surface area contributed by atoms with Gasteiger partial charge in [-0.2, -0.15) is 5.26 Å². The Bertz CT molecular complexity index is 872. The lowest BCUT2D eigenvalue weighted by Crippen LogP contribution is -2.03. The van der Waals surface area contributed by atoms with Gasteiger partial charge in [0.05, 0.1) is 28.2 Å². The number of nitriles is 1. The molecule has 0 saturated carbocycles. The van der Waals surface area contributed by atoms with Gasteiger partial charge in [-0.3, -0.25) is 4.57 Å². The summed E-state index contributed by atoms with van der Waals surface area (Å²) >= 11 is 6.06. The summed E-state index contributed by atoms with van der Waals surface area (Å²) in [6, 6.07) is 14.2. The maximum atomic E-state index is 9.47. The van der Waals surface area contributed by atoms with E-state index in [1.54, 1.807) is 0 Å². The number of halogens is 1. The quantitative estimate of drug-likeness (QED) is 0.663. The second-order valence-corrected chi connectivity index (χ2v) is 5.34. The highest BCUT2D eigenvalue weighted by Crippen LogP contribution is 2.27. The average Bonchev–Trinajstić information content (AvgIpc) is 2.84. The first-order valence-corrected chi connectivity index (χ1v) is 7.23. The van der Waals surface area contributed by atoms with Crippen LogP contribution in [0.25, 0.3) is 16.7 Å². The zero-order valence-corrected chi connectivity index (χ0v) is 12.6. The standard InChI is InChI=1S/C17H14ClN3/c1-11-6-7-14-16(8-11)21(17(9-18)20-14)15-5-3-4-12(2)13(15)10-19/h3-8H,9H2,1-2H3. The number of rotatable bonds is 2. The Morgan fingerprint density at radius 3 is 2.76 bits per heavy atom. The van der Waals surface area contributed by atoms with Crippen LogP contribution in [0.1, 0.15) is 22.5 Å². The zero-order valence-electron chi connectivity index (χ0n) is 11.9. The van der Waals surface area contributed by atoms with Crippen LogP contribution in [0.3, 0.4) is 0 Å². The summed E-state index contributed by atoms with van der Waals surface area (Å²) in [6.07, 6.45) is 0. The largest absolute Gasteiger partial charge is 0.294 e. The topological polar surface area (TPSA) is 41.6 Å². The van der Waals surface area contributed by atoms with Crippen LogP contribution >= 0.6 is 11.6 Å².